The molecule has 1 fully saturated rings. The average molecular weight is 490 g/mol. The molecule has 1 saturated carbocycles. The van der Waals surface area contributed by atoms with E-state index < -0.39 is 6.10 Å². The number of nitrogens with zero attached hydrogens (tertiary/aromatic N) is 3. The second kappa shape index (κ2) is 9.91. The van der Waals surface area contributed by atoms with Crippen LogP contribution in [0.5, 0.6) is 0 Å². The van der Waals surface area contributed by atoms with E-state index in [9.17, 15) is 9.50 Å². The lowest BCUT2D eigenvalue weighted by molar-refractivity contribution is -0.0509. The molecule has 1 N–H and O–H groups in total. The summed E-state index contributed by atoms with van der Waals surface area (Å²) in [5.74, 6) is 0.247. The molecule has 0 aliphatic heterocycles. The Morgan fingerprint density at radius 1 is 1.19 bits per heavy atom. The minimum Gasteiger partial charge on any atom is -0.388 e. The summed E-state index contributed by atoms with van der Waals surface area (Å²) in [4.78, 5) is 4.23. The molecule has 2 aliphatic rings. The number of benzene rings is 1. The number of aromatic nitrogens is 3. The van der Waals surface area contributed by atoms with Crippen LogP contribution in [0.4, 0.5) is 4.39 Å². The minimum atomic E-state index is -0.606. The summed E-state index contributed by atoms with van der Waals surface area (Å²) in [5, 5.41) is 16.0. The van der Waals surface area contributed by atoms with Crippen LogP contribution in [0.3, 0.4) is 0 Å². The van der Waals surface area contributed by atoms with Crippen molar-refractivity contribution in [2.24, 2.45) is 16.7 Å². The highest BCUT2D eigenvalue weighted by Gasteiger charge is 2.56. The molecule has 2 aliphatic carbocycles. The Kier molecular flexibility index (Phi) is 6.84. The van der Waals surface area contributed by atoms with E-state index >= 15 is 0 Å². The zero-order valence-electron chi connectivity index (χ0n) is 21.5. The van der Waals surface area contributed by atoms with E-state index in [1.165, 1.54) is 23.3 Å². The van der Waals surface area contributed by atoms with Gasteiger partial charge in [-0.15, -0.1) is 0 Å². The molecular weight excluding hydrogens is 453 g/mol. The van der Waals surface area contributed by atoms with E-state index in [2.05, 4.69) is 36.9 Å². The number of aliphatic hydroxyl groups excluding tert-OH is 1. The zero-order valence-corrected chi connectivity index (χ0v) is 21.5. The van der Waals surface area contributed by atoms with Crippen LogP contribution in [0.25, 0.3) is 11.8 Å². The third kappa shape index (κ3) is 4.41. The van der Waals surface area contributed by atoms with Gasteiger partial charge in [-0.3, -0.25) is 4.98 Å². The van der Waals surface area contributed by atoms with Gasteiger partial charge >= 0.3 is 0 Å². The molecule has 1 aromatic carbocycles. The van der Waals surface area contributed by atoms with Crippen LogP contribution < -0.4 is 0 Å². The number of rotatable bonds is 9. The van der Waals surface area contributed by atoms with Crippen molar-refractivity contribution in [3.05, 3.63) is 83.2 Å². The molecule has 6 heteroatoms. The summed E-state index contributed by atoms with van der Waals surface area (Å²) in [6.45, 7) is 8.09. The van der Waals surface area contributed by atoms with E-state index in [1.54, 1.807) is 24.5 Å². The minimum absolute atomic E-state index is 0.157. The van der Waals surface area contributed by atoms with Gasteiger partial charge in [0.1, 0.15) is 5.82 Å². The molecule has 2 aromatic heterocycles. The molecule has 0 amide bonds. The van der Waals surface area contributed by atoms with E-state index in [1.807, 2.05) is 23.0 Å². The summed E-state index contributed by atoms with van der Waals surface area (Å²) in [7, 11) is 0. The number of pyridine rings is 1. The van der Waals surface area contributed by atoms with E-state index in [4.69, 9.17) is 4.74 Å². The summed E-state index contributed by atoms with van der Waals surface area (Å²) in [5.41, 5.74) is 4.95. The van der Waals surface area contributed by atoms with Crippen molar-refractivity contribution in [2.45, 2.75) is 59.0 Å². The molecular formula is C30H36FN3O2. The van der Waals surface area contributed by atoms with Gasteiger partial charge in [0.05, 0.1) is 30.3 Å². The molecule has 5 nitrogen and oxygen atoms in total. The average Bonchev–Trinajstić information content (AvgIpc) is 3.41. The fraction of sp³-hybridized carbons (Fsp3) is 0.467. The van der Waals surface area contributed by atoms with Gasteiger partial charge in [0.25, 0.3) is 0 Å². The summed E-state index contributed by atoms with van der Waals surface area (Å²) in [6, 6.07) is 10.3. The molecule has 2 heterocycles. The Morgan fingerprint density at radius 3 is 2.72 bits per heavy atom. The topological polar surface area (TPSA) is 60.2 Å². The van der Waals surface area contributed by atoms with Gasteiger partial charge in [0.15, 0.2) is 0 Å². The molecule has 0 spiro atoms. The maximum atomic E-state index is 13.5. The Bertz CT molecular complexity index is 1220. The predicted molar refractivity (Wildman–Crippen MR) is 139 cm³/mol. The van der Waals surface area contributed by atoms with Crippen molar-refractivity contribution in [3.8, 4) is 5.69 Å². The standard InChI is InChI=1S/C30H36FN3O2/c1-4-21(2)19-36-20-30(16-28(35)22-6-5-13-32-17-22)12-11-24-14-27-23(15-29(24,30)3)18-33-34(27)26-9-7-25(31)8-10-26/h5-10,13-14,17-18,21,28,35H,4,11-12,15-16,19-20H2,1-3H3. The third-order valence-electron chi connectivity index (χ3n) is 8.70. The number of ether oxygens (including phenoxy) is 1. The summed E-state index contributed by atoms with van der Waals surface area (Å²) < 4.78 is 21.8. The number of allylic oxidation sites excluding steroid dienone is 1. The molecule has 0 radical (unpaired) electrons. The highest BCUT2D eigenvalue weighted by molar-refractivity contribution is 5.62. The molecule has 0 bridgehead atoms. The Hall–Kier alpha value is -2.83. The Morgan fingerprint density at radius 2 is 2.00 bits per heavy atom. The van der Waals surface area contributed by atoms with Crippen molar-refractivity contribution < 1.29 is 14.2 Å². The van der Waals surface area contributed by atoms with E-state index in [0.29, 0.717) is 18.9 Å². The first-order chi connectivity index (χ1) is 17.3. The zero-order chi connectivity index (χ0) is 25.3. The maximum Gasteiger partial charge on any atom is 0.123 e. The van der Waals surface area contributed by atoms with Crippen molar-refractivity contribution in [3.63, 3.8) is 0 Å². The summed E-state index contributed by atoms with van der Waals surface area (Å²) >= 11 is 0. The SMILES string of the molecule is CCC(C)COCC1(CC(O)c2cccnc2)CCC2=Cc3c(cnn3-c3ccc(F)cc3)CC21C. The lowest BCUT2D eigenvalue weighted by Gasteiger charge is -2.47. The maximum absolute atomic E-state index is 13.5. The Balaban J connectivity index is 1.48. The summed E-state index contributed by atoms with van der Waals surface area (Å²) in [6.07, 6.45) is 11.6. The van der Waals surface area contributed by atoms with E-state index in [-0.39, 0.29) is 16.6 Å². The van der Waals surface area contributed by atoms with Gasteiger partial charge in [-0.25, -0.2) is 9.07 Å². The molecule has 36 heavy (non-hydrogen) atoms. The molecule has 4 unspecified atom stereocenters. The van der Waals surface area contributed by atoms with E-state index in [0.717, 1.165) is 49.2 Å². The van der Waals surface area contributed by atoms with Crippen LogP contribution in [0.15, 0.2) is 60.6 Å². The van der Waals surface area contributed by atoms with Crippen molar-refractivity contribution >= 4 is 6.08 Å². The number of fused-ring (bicyclic) bond motifs is 2. The van der Waals surface area contributed by atoms with Crippen molar-refractivity contribution in [1.29, 1.82) is 0 Å². The fourth-order valence-electron chi connectivity index (χ4n) is 6.07. The lowest BCUT2D eigenvalue weighted by Crippen LogP contribution is -2.44. The quantitative estimate of drug-likeness (QED) is 0.382. The second-order valence-electron chi connectivity index (χ2n) is 10.9. The number of hydrogen-bond donors (Lipinski definition) is 1. The number of hydrogen-bond acceptors (Lipinski definition) is 4. The molecule has 3 aromatic rings. The fourth-order valence-corrected chi connectivity index (χ4v) is 6.07. The van der Waals surface area contributed by atoms with Crippen LogP contribution in [0, 0.1) is 22.6 Å². The first-order valence-electron chi connectivity index (χ1n) is 13.0. The van der Waals surface area contributed by atoms with Gasteiger partial charge in [0.2, 0.25) is 0 Å². The van der Waals surface area contributed by atoms with Crippen LogP contribution >= 0.6 is 0 Å². The third-order valence-corrected chi connectivity index (χ3v) is 8.70. The van der Waals surface area contributed by atoms with Gasteiger partial charge in [-0.1, -0.05) is 38.8 Å². The van der Waals surface area contributed by atoms with Crippen LogP contribution in [0.1, 0.15) is 69.4 Å². The predicted octanol–water partition coefficient (Wildman–Crippen LogP) is 6.32. The number of halogens is 1. The van der Waals surface area contributed by atoms with Crippen molar-refractivity contribution in [2.75, 3.05) is 13.2 Å². The monoisotopic (exact) mass is 489 g/mol. The molecule has 4 atom stereocenters. The highest BCUT2D eigenvalue weighted by Crippen LogP contribution is 2.63. The first kappa shape index (κ1) is 24.8. The lowest BCUT2D eigenvalue weighted by atomic mass is 9.59. The van der Waals surface area contributed by atoms with Gasteiger partial charge in [0, 0.05) is 29.8 Å². The molecule has 190 valence electrons. The van der Waals surface area contributed by atoms with Crippen molar-refractivity contribution in [1.82, 2.24) is 14.8 Å². The van der Waals surface area contributed by atoms with Crippen LogP contribution in [0.2, 0.25) is 0 Å². The molecule has 0 saturated heterocycles. The second-order valence-corrected chi connectivity index (χ2v) is 10.9. The first-order valence-corrected chi connectivity index (χ1v) is 13.0. The van der Waals surface area contributed by atoms with Gasteiger partial charge < -0.3 is 9.84 Å². The normalized spacial score (nSPS) is 24.6. The highest BCUT2D eigenvalue weighted by atomic mass is 19.1. The Labute approximate surface area is 213 Å². The van der Waals surface area contributed by atoms with Crippen LogP contribution in [-0.2, 0) is 11.2 Å². The largest absolute Gasteiger partial charge is 0.388 e. The molecule has 5 rings (SSSR count). The smallest absolute Gasteiger partial charge is 0.123 e. The van der Waals surface area contributed by atoms with Gasteiger partial charge in [-0.05, 0) is 79.1 Å². The van der Waals surface area contributed by atoms with Crippen LogP contribution in [-0.4, -0.2) is 33.1 Å². The number of aliphatic hydroxyl groups is 1. The van der Waals surface area contributed by atoms with Gasteiger partial charge in [-0.2, -0.15) is 5.10 Å².